The first kappa shape index (κ1) is 19.3. The molecule has 25 heavy (non-hydrogen) atoms. The van der Waals surface area contributed by atoms with E-state index < -0.39 is 0 Å². The Hall–Kier alpha value is -2.00. The van der Waals surface area contributed by atoms with E-state index in [1.54, 1.807) is 12.1 Å². The Labute approximate surface area is 150 Å². The largest absolute Gasteiger partial charge is 0.304 e. The van der Waals surface area contributed by atoms with Crippen LogP contribution in [0.5, 0.6) is 0 Å². The van der Waals surface area contributed by atoms with Crippen LogP contribution in [-0.4, -0.2) is 30.3 Å². The van der Waals surface area contributed by atoms with E-state index in [-0.39, 0.29) is 11.6 Å². The van der Waals surface area contributed by atoms with Gasteiger partial charge in [-0.15, -0.1) is 0 Å². The second kappa shape index (κ2) is 10.1. The van der Waals surface area contributed by atoms with E-state index in [1.807, 2.05) is 0 Å². The molecular weight excluding hydrogens is 313 g/mol. The number of carbonyl (C=O) groups is 1. The van der Waals surface area contributed by atoms with Crippen molar-refractivity contribution in [2.75, 3.05) is 19.6 Å². The predicted molar refractivity (Wildman–Crippen MR) is 102 cm³/mol. The molecule has 0 saturated heterocycles. The topological polar surface area (TPSA) is 20.3 Å². The van der Waals surface area contributed by atoms with Crippen LogP contribution in [-0.2, 0) is 12.8 Å². The SMILES string of the molecule is CCN(CC)CCc1ccccc1CCCC(=O)c1ccc(F)cc1. The normalized spacial score (nSPS) is 11.0. The number of rotatable bonds is 10. The van der Waals surface area contributed by atoms with Gasteiger partial charge in [-0.1, -0.05) is 38.1 Å². The third-order valence-electron chi connectivity index (χ3n) is 4.73. The Morgan fingerprint density at radius 2 is 1.52 bits per heavy atom. The Balaban J connectivity index is 1.88. The van der Waals surface area contributed by atoms with Crippen LogP contribution in [0.1, 0.15) is 48.2 Å². The van der Waals surface area contributed by atoms with Crippen LogP contribution in [0.3, 0.4) is 0 Å². The summed E-state index contributed by atoms with van der Waals surface area (Å²) in [5.41, 5.74) is 3.31. The van der Waals surface area contributed by atoms with Crippen molar-refractivity contribution in [3.8, 4) is 0 Å². The fourth-order valence-electron chi connectivity index (χ4n) is 3.08. The predicted octanol–water partition coefficient (Wildman–Crippen LogP) is 4.92. The lowest BCUT2D eigenvalue weighted by Gasteiger charge is -2.19. The molecular formula is C22H28FNO. The maximum Gasteiger partial charge on any atom is 0.162 e. The Morgan fingerprint density at radius 1 is 0.920 bits per heavy atom. The van der Waals surface area contributed by atoms with E-state index in [2.05, 4.69) is 43.0 Å². The summed E-state index contributed by atoms with van der Waals surface area (Å²) in [4.78, 5) is 14.6. The van der Waals surface area contributed by atoms with Gasteiger partial charge in [-0.25, -0.2) is 4.39 Å². The minimum Gasteiger partial charge on any atom is -0.304 e. The number of benzene rings is 2. The van der Waals surface area contributed by atoms with Gasteiger partial charge in [-0.05, 0) is 67.7 Å². The summed E-state index contributed by atoms with van der Waals surface area (Å²) < 4.78 is 12.9. The summed E-state index contributed by atoms with van der Waals surface area (Å²) in [6, 6.07) is 14.3. The van der Waals surface area contributed by atoms with Crippen LogP contribution in [0.2, 0.25) is 0 Å². The van der Waals surface area contributed by atoms with Crippen molar-refractivity contribution in [2.24, 2.45) is 0 Å². The van der Waals surface area contributed by atoms with Gasteiger partial charge in [0.2, 0.25) is 0 Å². The van der Waals surface area contributed by atoms with Gasteiger partial charge in [0.15, 0.2) is 5.78 Å². The minimum absolute atomic E-state index is 0.0839. The Bertz CT molecular complexity index is 662. The van der Waals surface area contributed by atoms with Crippen molar-refractivity contribution >= 4 is 5.78 Å². The summed E-state index contributed by atoms with van der Waals surface area (Å²) in [6.07, 6.45) is 3.26. The third kappa shape index (κ3) is 6.09. The number of Topliss-reactive ketones (excluding diaryl/α,β-unsaturated/α-hetero) is 1. The lowest BCUT2D eigenvalue weighted by Crippen LogP contribution is -2.25. The monoisotopic (exact) mass is 341 g/mol. The fourth-order valence-corrected chi connectivity index (χ4v) is 3.08. The van der Waals surface area contributed by atoms with Crippen molar-refractivity contribution in [3.05, 3.63) is 71.0 Å². The van der Waals surface area contributed by atoms with Crippen molar-refractivity contribution in [1.82, 2.24) is 4.90 Å². The smallest absolute Gasteiger partial charge is 0.162 e. The summed E-state index contributed by atoms with van der Waals surface area (Å²) >= 11 is 0. The number of ketones is 1. The molecule has 0 atom stereocenters. The number of hydrogen-bond donors (Lipinski definition) is 0. The molecule has 0 unspecified atom stereocenters. The van der Waals surface area contributed by atoms with Crippen LogP contribution in [0.4, 0.5) is 4.39 Å². The van der Waals surface area contributed by atoms with Gasteiger partial charge >= 0.3 is 0 Å². The number of hydrogen-bond acceptors (Lipinski definition) is 2. The van der Waals surface area contributed by atoms with Gasteiger partial charge in [0, 0.05) is 18.5 Å². The molecule has 0 aliphatic heterocycles. The third-order valence-corrected chi connectivity index (χ3v) is 4.73. The molecule has 0 aromatic heterocycles. The zero-order valence-electron chi connectivity index (χ0n) is 15.3. The molecule has 0 spiro atoms. The first-order valence-corrected chi connectivity index (χ1v) is 9.22. The van der Waals surface area contributed by atoms with Crippen LogP contribution in [0, 0.1) is 5.82 Å². The van der Waals surface area contributed by atoms with Crippen LogP contribution in [0.15, 0.2) is 48.5 Å². The van der Waals surface area contributed by atoms with E-state index in [9.17, 15) is 9.18 Å². The highest BCUT2D eigenvalue weighted by molar-refractivity contribution is 5.95. The molecule has 3 heteroatoms. The van der Waals surface area contributed by atoms with Gasteiger partial charge in [0.05, 0.1) is 0 Å². The average molecular weight is 341 g/mol. The van der Waals surface area contributed by atoms with Crippen LogP contribution in [0.25, 0.3) is 0 Å². The summed E-state index contributed by atoms with van der Waals surface area (Å²) in [6.45, 7) is 7.60. The number of carbonyl (C=O) groups excluding carboxylic acids is 1. The zero-order valence-corrected chi connectivity index (χ0v) is 15.3. The number of nitrogens with zero attached hydrogens (tertiary/aromatic N) is 1. The Kier molecular flexibility index (Phi) is 7.80. The molecule has 0 radical (unpaired) electrons. The van der Waals surface area contributed by atoms with Gasteiger partial charge in [-0.3, -0.25) is 4.79 Å². The molecule has 134 valence electrons. The summed E-state index contributed by atoms with van der Waals surface area (Å²) in [5.74, 6) is -0.223. The molecule has 0 N–H and O–H groups in total. The molecule has 2 aromatic carbocycles. The van der Waals surface area contributed by atoms with E-state index in [1.165, 1.54) is 23.3 Å². The van der Waals surface area contributed by atoms with Crippen molar-refractivity contribution in [1.29, 1.82) is 0 Å². The molecule has 2 nitrogen and oxygen atoms in total. The van der Waals surface area contributed by atoms with E-state index in [0.717, 1.165) is 38.9 Å². The van der Waals surface area contributed by atoms with Gasteiger partial charge in [0.25, 0.3) is 0 Å². The number of likely N-dealkylation sites (N-methyl/N-ethyl adjacent to an activating group) is 1. The van der Waals surface area contributed by atoms with Crippen molar-refractivity contribution in [3.63, 3.8) is 0 Å². The standard InChI is InChI=1S/C22H28FNO/c1-3-24(4-2)17-16-19-9-6-5-8-18(19)10-7-11-22(25)20-12-14-21(23)15-13-20/h5-6,8-9,12-15H,3-4,7,10-11,16-17H2,1-2H3. The van der Waals surface area contributed by atoms with Gasteiger partial charge in [0.1, 0.15) is 5.82 Å². The van der Waals surface area contributed by atoms with E-state index in [4.69, 9.17) is 0 Å². The minimum atomic E-state index is -0.307. The van der Waals surface area contributed by atoms with Crippen molar-refractivity contribution < 1.29 is 9.18 Å². The average Bonchev–Trinajstić information content (AvgIpc) is 2.64. The van der Waals surface area contributed by atoms with Gasteiger partial charge in [-0.2, -0.15) is 0 Å². The zero-order chi connectivity index (χ0) is 18.1. The molecule has 2 aromatic rings. The fraction of sp³-hybridized carbons (Fsp3) is 0.409. The maximum absolute atomic E-state index is 12.9. The lowest BCUT2D eigenvalue weighted by molar-refractivity contribution is 0.0980. The number of aryl methyl sites for hydroxylation is 1. The Morgan fingerprint density at radius 3 is 2.12 bits per heavy atom. The molecule has 0 heterocycles. The molecule has 0 saturated carbocycles. The second-order valence-electron chi connectivity index (χ2n) is 6.33. The van der Waals surface area contributed by atoms with E-state index in [0.29, 0.717) is 12.0 Å². The van der Waals surface area contributed by atoms with Crippen LogP contribution >= 0.6 is 0 Å². The highest BCUT2D eigenvalue weighted by atomic mass is 19.1. The maximum atomic E-state index is 12.9. The lowest BCUT2D eigenvalue weighted by atomic mass is 9.97. The molecule has 0 fully saturated rings. The molecule has 2 rings (SSSR count). The molecule has 0 bridgehead atoms. The molecule has 0 aliphatic rings. The first-order chi connectivity index (χ1) is 12.1. The quantitative estimate of drug-likeness (QED) is 0.572. The first-order valence-electron chi connectivity index (χ1n) is 9.22. The van der Waals surface area contributed by atoms with Crippen molar-refractivity contribution in [2.45, 2.75) is 39.5 Å². The van der Waals surface area contributed by atoms with Crippen LogP contribution < -0.4 is 0 Å². The molecule has 0 aliphatic carbocycles. The summed E-state index contributed by atoms with van der Waals surface area (Å²) in [5, 5.41) is 0. The number of halogens is 1. The van der Waals surface area contributed by atoms with E-state index >= 15 is 0 Å². The molecule has 0 amide bonds. The highest BCUT2D eigenvalue weighted by Gasteiger charge is 2.08. The highest BCUT2D eigenvalue weighted by Crippen LogP contribution is 2.15. The van der Waals surface area contributed by atoms with Gasteiger partial charge < -0.3 is 4.90 Å². The second-order valence-corrected chi connectivity index (χ2v) is 6.33. The summed E-state index contributed by atoms with van der Waals surface area (Å²) in [7, 11) is 0.